The molecule has 12 heavy (non-hydrogen) atoms. The Morgan fingerprint density at radius 3 is 3.08 bits per heavy atom. The molecule has 0 bridgehead atoms. The molecule has 0 saturated heterocycles. The molecular formula is C9H8N2S. The van der Waals surface area contributed by atoms with Crippen LogP contribution >= 0.6 is 11.3 Å². The third-order valence-corrected chi connectivity index (χ3v) is 2.53. The summed E-state index contributed by atoms with van der Waals surface area (Å²) < 4.78 is 0. The molecule has 2 rings (SSSR count). The average Bonchev–Trinajstić information content (AvgIpc) is 2.77. The Morgan fingerprint density at radius 1 is 1.58 bits per heavy atom. The fourth-order valence-corrected chi connectivity index (χ4v) is 1.70. The fourth-order valence-electron chi connectivity index (χ4n) is 0.997. The van der Waals surface area contributed by atoms with Crippen molar-refractivity contribution in [2.24, 2.45) is 0 Å². The molecule has 0 amide bonds. The standard InChI is InChI=1S/C9H8N2S/c1-7(8-3-2-6-12-8)9-10-4-5-11-9/h2-6H,1H2,(H,10,11). The lowest BCUT2D eigenvalue weighted by atomic mass is 10.2. The van der Waals surface area contributed by atoms with Crippen LogP contribution in [-0.4, -0.2) is 9.97 Å². The third-order valence-electron chi connectivity index (χ3n) is 1.60. The second-order valence-electron chi connectivity index (χ2n) is 2.39. The van der Waals surface area contributed by atoms with Crippen molar-refractivity contribution in [3.05, 3.63) is 47.2 Å². The predicted molar refractivity (Wildman–Crippen MR) is 51.0 cm³/mol. The molecular weight excluding hydrogens is 168 g/mol. The number of H-pyrrole nitrogens is 1. The first-order chi connectivity index (χ1) is 5.88. The van der Waals surface area contributed by atoms with Crippen LogP contribution in [0, 0.1) is 0 Å². The van der Waals surface area contributed by atoms with Gasteiger partial charge in [0, 0.05) is 22.8 Å². The summed E-state index contributed by atoms with van der Waals surface area (Å²) in [5, 5.41) is 2.03. The van der Waals surface area contributed by atoms with Gasteiger partial charge in [-0.1, -0.05) is 12.6 Å². The second-order valence-corrected chi connectivity index (χ2v) is 3.34. The summed E-state index contributed by atoms with van der Waals surface area (Å²) in [5.41, 5.74) is 0.954. The Morgan fingerprint density at radius 2 is 2.50 bits per heavy atom. The molecule has 1 N–H and O–H groups in total. The molecule has 0 aliphatic carbocycles. The van der Waals surface area contributed by atoms with Crippen molar-refractivity contribution >= 4 is 16.9 Å². The lowest BCUT2D eigenvalue weighted by Gasteiger charge is -1.96. The monoisotopic (exact) mass is 176 g/mol. The van der Waals surface area contributed by atoms with Gasteiger partial charge in [0.25, 0.3) is 0 Å². The molecule has 3 heteroatoms. The van der Waals surface area contributed by atoms with E-state index in [0.29, 0.717) is 0 Å². The Hall–Kier alpha value is -1.35. The fraction of sp³-hybridized carbons (Fsp3) is 0. The molecule has 0 radical (unpaired) electrons. The lowest BCUT2D eigenvalue weighted by molar-refractivity contribution is 1.24. The van der Waals surface area contributed by atoms with E-state index in [1.807, 2.05) is 17.5 Å². The zero-order chi connectivity index (χ0) is 8.39. The van der Waals surface area contributed by atoms with Gasteiger partial charge < -0.3 is 4.98 Å². The van der Waals surface area contributed by atoms with Crippen LogP contribution in [0.5, 0.6) is 0 Å². The number of rotatable bonds is 2. The molecule has 2 aromatic rings. The Labute approximate surface area is 74.6 Å². The minimum atomic E-state index is 0.845. The van der Waals surface area contributed by atoms with Gasteiger partial charge in [0.05, 0.1) is 0 Å². The van der Waals surface area contributed by atoms with E-state index in [9.17, 15) is 0 Å². The van der Waals surface area contributed by atoms with E-state index < -0.39 is 0 Å². The molecule has 0 fully saturated rings. The van der Waals surface area contributed by atoms with E-state index in [-0.39, 0.29) is 0 Å². The van der Waals surface area contributed by atoms with Gasteiger partial charge in [-0.3, -0.25) is 0 Å². The molecule has 0 aliphatic rings. The summed E-state index contributed by atoms with van der Waals surface area (Å²) in [7, 11) is 0. The predicted octanol–water partition coefficient (Wildman–Crippen LogP) is 2.53. The van der Waals surface area contributed by atoms with E-state index in [2.05, 4.69) is 16.5 Å². The maximum atomic E-state index is 4.12. The smallest absolute Gasteiger partial charge is 0.138 e. The molecule has 0 aliphatic heterocycles. The number of hydrogen-bond acceptors (Lipinski definition) is 2. The first-order valence-electron chi connectivity index (χ1n) is 3.60. The Bertz CT molecular complexity index is 323. The van der Waals surface area contributed by atoms with Crippen molar-refractivity contribution < 1.29 is 0 Å². The maximum absolute atomic E-state index is 4.12. The highest BCUT2D eigenvalue weighted by Crippen LogP contribution is 2.22. The Kier molecular flexibility index (Phi) is 1.80. The number of hydrogen-bond donors (Lipinski definition) is 1. The number of nitrogens with one attached hydrogen (secondary N) is 1. The molecule has 2 heterocycles. The van der Waals surface area contributed by atoms with Gasteiger partial charge >= 0.3 is 0 Å². The van der Waals surface area contributed by atoms with Crippen LogP contribution in [0.3, 0.4) is 0 Å². The average molecular weight is 176 g/mol. The summed E-state index contributed by atoms with van der Waals surface area (Å²) in [5.74, 6) is 0.845. The number of aromatic amines is 1. The van der Waals surface area contributed by atoms with Crippen LogP contribution in [0.15, 0.2) is 36.5 Å². The zero-order valence-corrected chi connectivity index (χ0v) is 7.27. The van der Waals surface area contributed by atoms with Crippen LogP contribution in [0.4, 0.5) is 0 Å². The molecule has 0 spiro atoms. The van der Waals surface area contributed by atoms with Crippen molar-refractivity contribution in [2.75, 3.05) is 0 Å². The highest BCUT2D eigenvalue weighted by Gasteiger charge is 2.03. The van der Waals surface area contributed by atoms with E-state index in [4.69, 9.17) is 0 Å². The molecule has 0 unspecified atom stereocenters. The summed E-state index contributed by atoms with van der Waals surface area (Å²) >= 11 is 1.67. The van der Waals surface area contributed by atoms with E-state index >= 15 is 0 Å². The maximum Gasteiger partial charge on any atom is 0.138 e. The molecule has 0 saturated carbocycles. The minimum Gasteiger partial charge on any atom is -0.345 e. The number of thiophene rings is 1. The Balaban J connectivity index is 2.34. The van der Waals surface area contributed by atoms with Crippen LogP contribution in [0.2, 0.25) is 0 Å². The summed E-state index contributed by atoms with van der Waals surface area (Å²) in [6, 6.07) is 4.05. The van der Waals surface area contributed by atoms with Crippen molar-refractivity contribution in [1.29, 1.82) is 0 Å². The SMILES string of the molecule is C=C(c1ncc[nH]1)c1cccs1. The highest BCUT2D eigenvalue weighted by molar-refractivity contribution is 7.11. The molecule has 0 atom stereocenters. The number of imidazole rings is 1. The van der Waals surface area contributed by atoms with Crippen LogP contribution in [-0.2, 0) is 0 Å². The van der Waals surface area contributed by atoms with Crippen LogP contribution in [0.25, 0.3) is 5.57 Å². The quantitative estimate of drug-likeness (QED) is 0.748. The largest absolute Gasteiger partial charge is 0.345 e. The third kappa shape index (κ3) is 1.19. The topological polar surface area (TPSA) is 28.7 Å². The van der Waals surface area contributed by atoms with Crippen LogP contribution < -0.4 is 0 Å². The summed E-state index contributed by atoms with van der Waals surface area (Å²) in [6.45, 7) is 3.96. The molecule has 60 valence electrons. The normalized spacial score (nSPS) is 10.0. The van der Waals surface area contributed by atoms with Crippen molar-refractivity contribution in [1.82, 2.24) is 9.97 Å². The van der Waals surface area contributed by atoms with Gasteiger partial charge in [0.15, 0.2) is 0 Å². The van der Waals surface area contributed by atoms with Gasteiger partial charge in [-0.15, -0.1) is 11.3 Å². The number of nitrogens with zero attached hydrogens (tertiary/aromatic N) is 1. The van der Waals surface area contributed by atoms with Gasteiger partial charge in [-0.05, 0) is 11.4 Å². The first-order valence-corrected chi connectivity index (χ1v) is 4.48. The first kappa shape index (κ1) is 7.31. The van der Waals surface area contributed by atoms with Gasteiger partial charge in [0.1, 0.15) is 5.82 Å². The van der Waals surface area contributed by atoms with E-state index in [1.54, 1.807) is 23.7 Å². The van der Waals surface area contributed by atoms with Crippen LogP contribution in [0.1, 0.15) is 10.7 Å². The number of aromatic nitrogens is 2. The van der Waals surface area contributed by atoms with Crippen molar-refractivity contribution in [3.8, 4) is 0 Å². The van der Waals surface area contributed by atoms with Crippen molar-refractivity contribution in [2.45, 2.75) is 0 Å². The summed E-state index contributed by atoms with van der Waals surface area (Å²) in [4.78, 5) is 8.30. The molecule has 2 nitrogen and oxygen atoms in total. The van der Waals surface area contributed by atoms with E-state index in [1.165, 1.54) is 0 Å². The zero-order valence-electron chi connectivity index (χ0n) is 6.45. The second kappa shape index (κ2) is 2.95. The molecule has 2 aromatic heterocycles. The van der Waals surface area contributed by atoms with Gasteiger partial charge in [0.2, 0.25) is 0 Å². The van der Waals surface area contributed by atoms with Gasteiger partial charge in [-0.2, -0.15) is 0 Å². The van der Waals surface area contributed by atoms with E-state index in [0.717, 1.165) is 16.3 Å². The van der Waals surface area contributed by atoms with Crippen molar-refractivity contribution in [3.63, 3.8) is 0 Å². The summed E-state index contributed by atoms with van der Waals surface area (Å²) in [6.07, 6.45) is 3.53. The minimum absolute atomic E-state index is 0.845. The molecule has 0 aromatic carbocycles. The lowest BCUT2D eigenvalue weighted by Crippen LogP contribution is -1.84. The van der Waals surface area contributed by atoms with Gasteiger partial charge in [-0.25, -0.2) is 4.98 Å². The highest BCUT2D eigenvalue weighted by atomic mass is 32.1.